The highest BCUT2D eigenvalue weighted by Crippen LogP contribution is 2.34. The van der Waals surface area contributed by atoms with Gasteiger partial charge in [0.1, 0.15) is 29.4 Å². The predicted octanol–water partition coefficient (Wildman–Crippen LogP) is 3.41. The van der Waals surface area contributed by atoms with Gasteiger partial charge >= 0.3 is 6.18 Å². The van der Waals surface area contributed by atoms with Crippen molar-refractivity contribution in [1.82, 2.24) is 20.2 Å². The smallest absolute Gasteiger partial charge is 0.405 e. The van der Waals surface area contributed by atoms with Crippen molar-refractivity contribution in [2.45, 2.75) is 20.0 Å². The molecule has 0 saturated heterocycles. The van der Waals surface area contributed by atoms with Crippen LogP contribution < -0.4 is 20.5 Å². The minimum Gasteiger partial charge on any atom is -0.454 e. The van der Waals surface area contributed by atoms with Crippen LogP contribution in [0.3, 0.4) is 0 Å². The Hall–Kier alpha value is -3.65. The van der Waals surface area contributed by atoms with Crippen LogP contribution in [0.1, 0.15) is 34.8 Å². The third-order valence-electron chi connectivity index (χ3n) is 5.50. The number of anilines is 1. The van der Waals surface area contributed by atoms with Gasteiger partial charge in [-0.2, -0.15) is 13.2 Å². The van der Waals surface area contributed by atoms with Gasteiger partial charge in [-0.05, 0) is 37.4 Å². The summed E-state index contributed by atoms with van der Waals surface area (Å²) in [7, 11) is 0. The Bertz CT molecular complexity index is 1310. The molecule has 3 heterocycles. The van der Waals surface area contributed by atoms with Crippen LogP contribution in [0.15, 0.2) is 29.4 Å². The number of carbonyl (C=O) groups excluding carboxylic acids is 1. The number of rotatable bonds is 10. The van der Waals surface area contributed by atoms with E-state index in [0.29, 0.717) is 40.4 Å². The van der Waals surface area contributed by atoms with E-state index in [0.717, 1.165) is 24.4 Å². The molecule has 0 saturated carbocycles. The second-order valence-electron chi connectivity index (χ2n) is 7.93. The molecule has 1 aliphatic heterocycles. The van der Waals surface area contributed by atoms with Crippen LogP contribution in [0.5, 0.6) is 11.5 Å². The monoisotopic (exact) mass is 538 g/mol. The quantitative estimate of drug-likeness (QED) is 0.229. The summed E-state index contributed by atoms with van der Waals surface area (Å²) in [6, 6.07) is 6.59. The zero-order chi connectivity index (χ0) is 26.6. The van der Waals surface area contributed by atoms with Crippen molar-refractivity contribution in [2.75, 3.05) is 45.3 Å². The lowest BCUT2D eigenvalue weighted by molar-refractivity contribution is -0.123. The molecule has 4 rings (SSSR count). The summed E-state index contributed by atoms with van der Waals surface area (Å²) in [5.41, 5.74) is 7.07. The minimum atomic E-state index is -4.54. The van der Waals surface area contributed by atoms with E-state index in [9.17, 15) is 18.0 Å². The molecule has 1 amide bonds. The Morgan fingerprint density at radius 3 is 2.70 bits per heavy atom. The molecule has 0 aliphatic carbocycles. The number of halogens is 3. The second kappa shape index (κ2) is 11.2. The van der Waals surface area contributed by atoms with Crippen LogP contribution >= 0.6 is 11.3 Å². The summed E-state index contributed by atoms with van der Waals surface area (Å²) in [6.45, 7) is 5.38. The van der Waals surface area contributed by atoms with E-state index in [2.05, 4.69) is 20.0 Å². The molecule has 1 aliphatic rings. The van der Waals surface area contributed by atoms with E-state index in [1.807, 2.05) is 19.2 Å². The van der Waals surface area contributed by atoms with Crippen molar-refractivity contribution in [3.05, 3.63) is 40.4 Å². The SMILES string of the molecule is CCN(CC)CCO/N=C(\c1ccc2c(c1)OCO2)c1nc(N)nc2sc(C(=O)NCC(F)(F)F)cc12. The second-order valence-corrected chi connectivity index (χ2v) is 8.96. The summed E-state index contributed by atoms with van der Waals surface area (Å²) < 4.78 is 48.6. The van der Waals surface area contributed by atoms with E-state index in [1.54, 1.807) is 18.2 Å². The van der Waals surface area contributed by atoms with Crippen LogP contribution in [0.2, 0.25) is 0 Å². The molecular weight excluding hydrogens is 513 g/mol. The van der Waals surface area contributed by atoms with Crippen molar-refractivity contribution in [1.29, 1.82) is 0 Å². The van der Waals surface area contributed by atoms with Gasteiger partial charge in [0.2, 0.25) is 12.7 Å². The highest BCUT2D eigenvalue weighted by molar-refractivity contribution is 7.20. The van der Waals surface area contributed by atoms with E-state index >= 15 is 0 Å². The van der Waals surface area contributed by atoms with Gasteiger partial charge in [-0.15, -0.1) is 11.3 Å². The lowest BCUT2D eigenvalue weighted by Crippen LogP contribution is -2.33. The number of benzene rings is 1. The molecule has 0 radical (unpaired) electrons. The van der Waals surface area contributed by atoms with E-state index in [4.69, 9.17) is 20.0 Å². The van der Waals surface area contributed by atoms with Crippen LogP contribution in [-0.4, -0.2) is 72.2 Å². The lowest BCUT2D eigenvalue weighted by atomic mass is 10.0. The van der Waals surface area contributed by atoms with Crippen molar-refractivity contribution < 1.29 is 32.3 Å². The number of carbonyl (C=O) groups is 1. The third-order valence-corrected chi connectivity index (χ3v) is 6.53. The van der Waals surface area contributed by atoms with Gasteiger partial charge in [0.25, 0.3) is 5.91 Å². The molecule has 0 unspecified atom stereocenters. The van der Waals surface area contributed by atoms with Gasteiger partial charge in [0, 0.05) is 17.5 Å². The maximum Gasteiger partial charge on any atom is 0.405 e. The van der Waals surface area contributed by atoms with E-state index in [1.165, 1.54) is 6.07 Å². The topological polar surface area (TPSA) is 124 Å². The summed E-state index contributed by atoms with van der Waals surface area (Å²) in [4.78, 5) is 29.0. The molecule has 3 aromatic rings. The number of amides is 1. The number of hydrogen-bond acceptors (Lipinski definition) is 10. The summed E-state index contributed by atoms with van der Waals surface area (Å²) >= 11 is 0.898. The number of nitrogen functional groups attached to an aromatic ring is 1. The first-order valence-corrected chi connectivity index (χ1v) is 12.2. The van der Waals surface area contributed by atoms with Gasteiger partial charge in [-0.25, -0.2) is 9.97 Å². The number of nitrogens with one attached hydrogen (secondary N) is 1. The maximum atomic E-state index is 12.6. The molecule has 1 aromatic carbocycles. The number of aromatic nitrogens is 2. The number of hydrogen-bond donors (Lipinski definition) is 2. The average molecular weight is 539 g/mol. The number of nitrogens with two attached hydrogens (primary N) is 1. The van der Waals surface area contributed by atoms with Gasteiger partial charge in [0.15, 0.2) is 11.5 Å². The molecule has 0 spiro atoms. The fourth-order valence-corrected chi connectivity index (χ4v) is 4.55. The van der Waals surface area contributed by atoms with Crippen molar-refractivity contribution in [3.63, 3.8) is 0 Å². The molecule has 0 bridgehead atoms. The number of alkyl halides is 3. The Morgan fingerprint density at radius 1 is 1.22 bits per heavy atom. The fraction of sp³-hybridized carbons (Fsp3) is 0.391. The van der Waals surface area contributed by atoms with Crippen molar-refractivity contribution >= 4 is 39.1 Å². The molecule has 2 aromatic heterocycles. The first-order valence-electron chi connectivity index (χ1n) is 11.4. The Morgan fingerprint density at radius 2 is 1.97 bits per heavy atom. The maximum absolute atomic E-state index is 12.6. The zero-order valence-corrected chi connectivity index (χ0v) is 20.9. The molecule has 14 heteroatoms. The summed E-state index contributed by atoms with van der Waals surface area (Å²) in [6.07, 6.45) is -4.54. The lowest BCUT2D eigenvalue weighted by Gasteiger charge is -2.16. The van der Waals surface area contributed by atoms with Crippen LogP contribution in [0, 0.1) is 0 Å². The molecule has 3 N–H and O–H groups in total. The number of nitrogens with zero attached hydrogens (tertiary/aromatic N) is 4. The van der Waals surface area contributed by atoms with Gasteiger partial charge < -0.3 is 30.3 Å². The minimum absolute atomic E-state index is 0.0212. The van der Waals surface area contributed by atoms with Crippen molar-refractivity contribution in [2.24, 2.45) is 5.16 Å². The van der Waals surface area contributed by atoms with Crippen LogP contribution in [-0.2, 0) is 4.84 Å². The van der Waals surface area contributed by atoms with Gasteiger partial charge in [0.05, 0.1) is 4.88 Å². The Kier molecular flexibility index (Phi) is 7.97. The van der Waals surface area contributed by atoms with Crippen LogP contribution in [0.4, 0.5) is 19.1 Å². The molecule has 37 heavy (non-hydrogen) atoms. The van der Waals surface area contributed by atoms with Crippen molar-refractivity contribution in [3.8, 4) is 11.5 Å². The van der Waals surface area contributed by atoms with E-state index < -0.39 is 18.6 Å². The number of likely N-dealkylation sites (N-methyl/N-ethyl adjacent to an activating group) is 1. The Labute approximate surface area is 214 Å². The number of oxime groups is 1. The number of ether oxygens (including phenoxy) is 2. The largest absolute Gasteiger partial charge is 0.454 e. The summed E-state index contributed by atoms with van der Waals surface area (Å²) in [5, 5.41) is 6.60. The standard InChI is InChI=1S/C23H25F3N6O4S/c1-3-32(4-2)7-8-36-31-18(13-5-6-15-16(9-13)35-12-34-15)19-14-10-17(20(33)28-11-23(24,25)26)37-21(14)30-22(27)29-19/h5-6,9-10H,3-4,7-8,11-12H2,1-2H3,(H,28,33)(H2,27,29,30)/b31-18+. The Balaban J connectivity index is 1.72. The molecule has 0 fully saturated rings. The van der Waals surface area contributed by atoms with Crippen LogP contribution in [0.25, 0.3) is 10.2 Å². The van der Waals surface area contributed by atoms with Gasteiger partial charge in [-0.3, -0.25) is 4.79 Å². The first-order chi connectivity index (χ1) is 17.7. The highest BCUT2D eigenvalue weighted by atomic mass is 32.1. The normalized spacial score (nSPS) is 13.4. The summed E-state index contributed by atoms with van der Waals surface area (Å²) in [5.74, 6) is 0.0891. The highest BCUT2D eigenvalue weighted by Gasteiger charge is 2.29. The number of fused-ring (bicyclic) bond motifs is 2. The molecule has 198 valence electrons. The average Bonchev–Trinajstić information content (AvgIpc) is 3.50. The third kappa shape index (κ3) is 6.38. The fourth-order valence-electron chi connectivity index (χ4n) is 3.59. The predicted molar refractivity (Wildman–Crippen MR) is 132 cm³/mol. The molecule has 0 atom stereocenters. The number of thiophene rings is 1. The molecule has 10 nitrogen and oxygen atoms in total. The molecular formula is C23H25F3N6O4S. The van der Waals surface area contributed by atoms with Gasteiger partial charge in [-0.1, -0.05) is 19.0 Å². The van der Waals surface area contributed by atoms with E-state index in [-0.39, 0.29) is 29.0 Å². The first kappa shape index (κ1) is 26.4. The zero-order valence-electron chi connectivity index (χ0n) is 20.1.